The average molecular weight is 278 g/mol. The van der Waals surface area contributed by atoms with Gasteiger partial charge in [-0.1, -0.05) is 54.6 Å². The predicted octanol–water partition coefficient (Wildman–Crippen LogP) is 3.12. The SMILES string of the molecule is CN1CCN2C[C@H](c3ccccc3)c3ccccc3[C@@H]2C1. The smallest absolute Gasteiger partial charge is 0.0478 e. The molecule has 21 heavy (non-hydrogen) atoms. The maximum atomic E-state index is 2.68. The summed E-state index contributed by atoms with van der Waals surface area (Å²) >= 11 is 0. The van der Waals surface area contributed by atoms with Gasteiger partial charge in [-0.05, 0) is 23.7 Å². The molecule has 1 saturated heterocycles. The Morgan fingerprint density at radius 2 is 1.52 bits per heavy atom. The highest BCUT2D eigenvalue weighted by atomic mass is 15.3. The summed E-state index contributed by atoms with van der Waals surface area (Å²) < 4.78 is 0. The molecule has 0 saturated carbocycles. The van der Waals surface area contributed by atoms with E-state index in [-0.39, 0.29) is 0 Å². The van der Waals surface area contributed by atoms with Gasteiger partial charge >= 0.3 is 0 Å². The third-order valence-corrected chi connectivity index (χ3v) is 5.04. The molecule has 0 bridgehead atoms. The van der Waals surface area contributed by atoms with Gasteiger partial charge in [0.15, 0.2) is 0 Å². The van der Waals surface area contributed by atoms with Crippen LogP contribution in [0.15, 0.2) is 54.6 Å². The first-order chi connectivity index (χ1) is 10.3. The summed E-state index contributed by atoms with van der Waals surface area (Å²) in [5.74, 6) is 0.516. The highest BCUT2D eigenvalue weighted by Crippen LogP contribution is 2.40. The summed E-state index contributed by atoms with van der Waals surface area (Å²) in [6.45, 7) is 4.66. The van der Waals surface area contributed by atoms with Crippen LogP contribution in [0.3, 0.4) is 0 Å². The number of fused-ring (bicyclic) bond motifs is 3. The van der Waals surface area contributed by atoms with Crippen molar-refractivity contribution in [1.82, 2.24) is 9.80 Å². The summed E-state index contributed by atoms with van der Waals surface area (Å²) in [6, 6.07) is 20.6. The molecule has 0 unspecified atom stereocenters. The minimum absolute atomic E-state index is 0.516. The van der Waals surface area contributed by atoms with E-state index in [0.717, 1.165) is 13.1 Å². The topological polar surface area (TPSA) is 6.48 Å². The normalized spacial score (nSPS) is 26.1. The van der Waals surface area contributed by atoms with Crippen molar-refractivity contribution in [3.63, 3.8) is 0 Å². The van der Waals surface area contributed by atoms with Crippen LogP contribution in [0.2, 0.25) is 0 Å². The second kappa shape index (κ2) is 5.28. The second-order valence-electron chi connectivity index (χ2n) is 6.37. The fourth-order valence-corrected chi connectivity index (χ4v) is 3.91. The number of nitrogens with zero attached hydrogens (tertiary/aromatic N) is 2. The highest BCUT2D eigenvalue weighted by Gasteiger charge is 2.35. The lowest BCUT2D eigenvalue weighted by Gasteiger charge is -2.46. The van der Waals surface area contributed by atoms with Gasteiger partial charge in [0.2, 0.25) is 0 Å². The minimum Gasteiger partial charge on any atom is -0.303 e. The van der Waals surface area contributed by atoms with E-state index in [1.807, 2.05) is 0 Å². The van der Waals surface area contributed by atoms with Crippen LogP contribution < -0.4 is 0 Å². The van der Waals surface area contributed by atoms with Crippen molar-refractivity contribution in [3.05, 3.63) is 71.3 Å². The maximum Gasteiger partial charge on any atom is 0.0478 e. The van der Waals surface area contributed by atoms with E-state index in [1.165, 1.54) is 29.8 Å². The van der Waals surface area contributed by atoms with Crippen molar-refractivity contribution >= 4 is 0 Å². The Labute approximate surface area is 127 Å². The lowest BCUT2D eigenvalue weighted by atomic mass is 9.80. The number of piperazine rings is 1. The molecule has 2 heterocycles. The first kappa shape index (κ1) is 13.1. The van der Waals surface area contributed by atoms with E-state index < -0.39 is 0 Å². The Morgan fingerprint density at radius 3 is 2.33 bits per heavy atom. The fourth-order valence-electron chi connectivity index (χ4n) is 3.91. The first-order valence-electron chi connectivity index (χ1n) is 7.89. The summed E-state index contributed by atoms with van der Waals surface area (Å²) in [4.78, 5) is 5.14. The van der Waals surface area contributed by atoms with Crippen LogP contribution >= 0.6 is 0 Å². The zero-order chi connectivity index (χ0) is 14.2. The number of rotatable bonds is 1. The van der Waals surface area contributed by atoms with E-state index in [4.69, 9.17) is 0 Å². The first-order valence-corrected chi connectivity index (χ1v) is 7.89. The quantitative estimate of drug-likeness (QED) is 0.791. The zero-order valence-corrected chi connectivity index (χ0v) is 12.6. The van der Waals surface area contributed by atoms with Gasteiger partial charge in [-0.3, -0.25) is 4.90 Å². The average Bonchev–Trinajstić information content (AvgIpc) is 2.55. The predicted molar refractivity (Wildman–Crippen MR) is 86.5 cm³/mol. The maximum absolute atomic E-state index is 2.68. The van der Waals surface area contributed by atoms with Crippen LogP contribution in [0, 0.1) is 0 Å². The van der Waals surface area contributed by atoms with Gasteiger partial charge in [-0.15, -0.1) is 0 Å². The summed E-state index contributed by atoms with van der Waals surface area (Å²) in [5, 5.41) is 0. The Balaban J connectivity index is 1.79. The highest BCUT2D eigenvalue weighted by molar-refractivity contribution is 5.42. The van der Waals surface area contributed by atoms with E-state index in [0.29, 0.717) is 12.0 Å². The van der Waals surface area contributed by atoms with Gasteiger partial charge in [-0.2, -0.15) is 0 Å². The third kappa shape index (κ3) is 2.29. The van der Waals surface area contributed by atoms with Crippen LogP contribution in [0.1, 0.15) is 28.7 Å². The van der Waals surface area contributed by atoms with Crippen LogP contribution in [-0.2, 0) is 0 Å². The summed E-state index contributed by atoms with van der Waals surface area (Å²) in [6.07, 6.45) is 0. The van der Waals surface area contributed by atoms with E-state index >= 15 is 0 Å². The molecule has 2 aromatic rings. The van der Waals surface area contributed by atoms with E-state index in [2.05, 4.69) is 71.4 Å². The van der Waals surface area contributed by atoms with E-state index in [9.17, 15) is 0 Å². The molecule has 2 heteroatoms. The lowest BCUT2D eigenvalue weighted by molar-refractivity contribution is 0.0772. The molecule has 0 aromatic heterocycles. The third-order valence-electron chi connectivity index (χ3n) is 5.04. The van der Waals surface area contributed by atoms with Gasteiger partial charge in [0.25, 0.3) is 0 Å². The molecule has 2 atom stereocenters. The van der Waals surface area contributed by atoms with Crippen LogP contribution in [0.25, 0.3) is 0 Å². The molecule has 0 aliphatic carbocycles. The molecule has 2 aliphatic rings. The standard InChI is InChI=1S/C19H22N2/c1-20-11-12-21-13-18(15-7-3-2-4-8-15)16-9-5-6-10-17(16)19(21)14-20/h2-10,18-19H,11-14H2,1H3/t18-,19+/m1/s1. The van der Waals surface area contributed by atoms with Gasteiger partial charge in [0.1, 0.15) is 0 Å². The molecule has 2 nitrogen and oxygen atoms in total. The Morgan fingerprint density at radius 1 is 0.810 bits per heavy atom. The van der Waals surface area contributed by atoms with Crippen molar-refractivity contribution in [3.8, 4) is 0 Å². The molecular formula is C19H22N2. The zero-order valence-electron chi connectivity index (χ0n) is 12.6. The molecule has 0 amide bonds. The summed E-state index contributed by atoms with van der Waals surface area (Å²) in [5.41, 5.74) is 4.51. The van der Waals surface area contributed by atoms with Crippen LogP contribution in [0.4, 0.5) is 0 Å². The monoisotopic (exact) mass is 278 g/mol. The van der Waals surface area contributed by atoms with Gasteiger partial charge in [-0.25, -0.2) is 0 Å². The molecule has 108 valence electrons. The lowest BCUT2D eigenvalue weighted by Crippen LogP contribution is -2.50. The van der Waals surface area contributed by atoms with Gasteiger partial charge in [0.05, 0.1) is 0 Å². The molecular weight excluding hydrogens is 256 g/mol. The Hall–Kier alpha value is -1.64. The van der Waals surface area contributed by atoms with Crippen LogP contribution in [0.5, 0.6) is 0 Å². The molecule has 0 radical (unpaired) electrons. The van der Waals surface area contributed by atoms with Crippen molar-refractivity contribution in [2.75, 3.05) is 33.2 Å². The molecule has 1 fully saturated rings. The van der Waals surface area contributed by atoms with Crippen molar-refractivity contribution in [2.24, 2.45) is 0 Å². The summed E-state index contributed by atoms with van der Waals surface area (Å²) in [7, 11) is 2.24. The van der Waals surface area contributed by atoms with Crippen molar-refractivity contribution < 1.29 is 0 Å². The fraction of sp³-hybridized carbons (Fsp3) is 0.368. The number of hydrogen-bond donors (Lipinski definition) is 0. The van der Waals surface area contributed by atoms with Crippen molar-refractivity contribution in [2.45, 2.75) is 12.0 Å². The molecule has 4 rings (SSSR count). The molecule has 0 spiro atoms. The number of likely N-dealkylation sites (N-methyl/N-ethyl adjacent to an activating group) is 1. The molecule has 2 aromatic carbocycles. The largest absolute Gasteiger partial charge is 0.303 e. The number of hydrogen-bond acceptors (Lipinski definition) is 2. The van der Waals surface area contributed by atoms with Crippen molar-refractivity contribution in [1.29, 1.82) is 0 Å². The Bertz CT molecular complexity index is 622. The van der Waals surface area contributed by atoms with Gasteiger partial charge < -0.3 is 4.90 Å². The van der Waals surface area contributed by atoms with E-state index in [1.54, 1.807) is 0 Å². The number of benzene rings is 2. The van der Waals surface area contributed by atoms with Gasteiger partial charge in [0, 0.05) is 38.1 Å². The van der Waals surface area contributed by atoms with Crippen LogP contribution in [-0.4, -0.2) is 43.0 Å². The molecule has 2 aliphatic heterocycles. The molecule has 0 N–H and O–H groups in total. The minimum atomic E-state index is 0.516. The Kier molecular flexibility index (Phi) is 3.28. The second-order valence-corrected chi connectivity index (χ2v) is 6.37.